The van der Waals surface area contributed by atoms with Crippen LogP contribution in [0.3, 0.4) is 0 Å². The van der Waals surface area contributed by atoms with Crippen LogP contribution in [0.5, 0.6) is 0 Å². The number of nitrogens with one attached hydrogen (secondary N) is 1. The third-order valence-electron chi connectivity index (χ3n) is 4.69. The van der Waals surface area contributed by atoms with Crippen molar-refractivity contribution in [3.63, 3.8) is 0 Å². The molecule has 0 aromatic rings. The lowest BCUT2D eigenvalue weighted by Crippen LogP contribution is -2.55. The lowest BCUT2D eigenvalue weighted by atomic mass is 10.3. The molecule has 2 rings (SSSR count). The highest BCUT2D eigenvalue weighted by Gasteiger charge is 2.29. The van der Waals surface area contributed by atoms with Crippen molar-refractivity contribution in [2.24, 2.45) is 4.99 Å². The first-order valence-corrected chi connectivity index (χ1v) is 8.66. The summed E-state index contributed by atoms with van der Waals surface area (Å²) in [6.45, 7) is 8.31. The van der Waals surface area contributed by atoms with Crippen LogP contribution in [0.1, 0.15) is 26.7 Å². The minimum Gasteiger partial charge on any atom is -0.450 e. The zero-order chi connectivity index (χ0) is 16.8. The van der Waals surface area contributed by atoms with E-state index < -0.39 is 0 Å². The molecular formula is C16H32IN5O2. The predicted octanol–water partition coefficient (Wildman–Crippen LogP) is 1.44. The number of amides is 1. The molecule has 1 saturated heterocycles. The molecule has 1 aliphatic carbocycles. The van der Waals surface area contributed by atoms with Gasteiger partial charge in [-0.1, -0.05) is 0 Å². The van der Waals surface area contributed by atoms with Crippen molar-refractivity contribution in [1.82, 2.24) is 20.0 Å². The number of likely N-dealkylation sites (N-methyl/N-ethyl adjacent to an activating group) is 1. The van der Waals surface area contributed by atoms with E-state index in [1.54, 1.807) is 4.90 Å². The summed E-state index contributed by atoms with van der Waals surface area (Å²) in [6.07, 6.45) is 2.44. The zero-order valence-electron chi connectivity index (χ0n) is 15.3. The normalized spacial score (nSPS) is 19.8. The third kappa shape index (κ3) is 5.94. The summed E-state index contributed by atoms with van der Waals surface area (Å²) in [4.78, 5) is 22.5. The van der Waals surface area contributed by atoms with Crippen LogP contribution in [0.4, 0.5) is 4.79 Å². The van der Waals surface area contributed by atoms with Crippen molar-refractivity contribution in [3.8, 4) is 0 Å². The van der Waals surface area contributed by atoms with Gasteiger partial charge in [0, 0.05) is 51.9 Å². The quantitative estimate of drug-likeness (QED) is 0.388. The Kier molecular flexibility index (Phi) is 9.11. The zero-order valence-corrected chi connectivity index (χ0v) is 17.7. The summed E-state index contributed by atoms with van der Waals surface area (Å²) >= 11 is 0. The summed E-state index contributed by atoms with van der Waals surface area (Å²) in [7, 11) is 4.01. The number of hydrogen-bond donors (Lipinski definition) is 1. The smallest absolute Gasteiger partial charge is 0.409 e. The summed E-state index contributed by atoms with van der Waals surface area (Å²) < 4.78 is 5.05. The van der Waals surface area contributed by atoms with Gasteiger partial charge in [-0.15, -0.1) is 24.0 Å². The van der Waals surface area contributed by atoms with E-state index in [0.29, 0.717) is 25.7 Å². The van der Waals surface area contributed by atoms with E-state index in [1.165, 1.54) is 12.8 Å². The Morgan fingerprint density at radius 3 is 2.38 bits per heavy atom. The number of hydrogen-bond acceptors (Lipinski definition) is 4. The van der Waals surface area contributed by atoms with Gasteiger partial charge in [-0.25, -0.2) is 4.79 Å². The first-order valence-electron chi connectivity index (χ1n) is 8.66. The highest BCUT2D eigenvalue weighted by atomic mass is 127. The first kappa shape index (κ1) is 21.3. The molecule has 1 atom stereocenters. The fraction of sp³-hybridized carbons (Fsp3) is 0.875. The van der Waals surface area contributed by atoms with Gasteiger partial charge in [0.15, 0.2) is 5.96 Å². The monoisotopic (exact) mass is 453 g/mol. The molecule has 1 amide bonds. The Bertz CT molecular complexity index is 423. The van der Waals surface area contributed by atoms with Gasteiger partial charge in [0.25, 0.3) is 0 Å². The average molecular weight is 453 g/mol. The van der Waals surface area contributed by atoms with E-state index in [1.807, 2.05) is 14.0 Å². The molecule has 2 aliphatic rings. The van der Waals surface area contributed by atoms with Gasteiger partial charge < -0.3 is 19.9 Å². The van der Waals surface area contributed by atoms with E-state index >= 15 is 0 Å². The molecule has 0 radical (unpaired) electrons. The molecule has 2 fully saturated rings. The largest absolute Gasteiger partial charge is 0.450 e. The van der Waals surface area contributed by atoms with Crippen LogP contribution in [0.15, 0.2) is 4.99 Å². The number of aliphatic imine (C=N–C) groups is 1. The number of guanidine groups is 1. The second kappa shape index (κ2) is 10.3. The number of halogens is 1. The second-order valence-electron chi connectivity index (χ2n) is 6.35. The Hall–Kier alpha value is -0.770. The molecule has 7 nitrogen and oxygen atoms in total. The number of ether oxygens (including phenoxy) is 1. The topological polar surface area (TPSA) is 60.4 Å². The molecule has 8 heteroatoms. The van der Waals surface area contributed by atoms with E-state index in [0.717, 1.165) is 31.6 Å². The van der Waals surface area contributed by atoms with Crippen molar-refractivity contribution in [2.45, 2.75) is 38.8 Å². The molecule has 0 aromatic heterocycles. The Morgan fingerprint density at radius 2 is 1.88 bits per heavy atom. The molecular weight excluding hydrogens is 421 g/mol. The molecule has 0 bridgehead atoms. The maximum absolute atomic E-state index is 11.7. The molecule has 1 N–H and O–H groups in total. The molecule has 1 heterocycles. The maximum atomic E-state index is 11.7. The number of carbonyl (C=O) groups excluding carboxylic acids is 1. The van der Waals surface area contributed by atoms with Gasteiger partial charge in [-0.3, -0.25) is 9.89 Å². The van der Waals surface area contributed by atoms with Crippen LogP contribution in [0, 0.1) is 0 Å². The average Bonchev–Trinajstić information content (AvgIpc) is 3.40. The van der Waals surface area contributed by atoms with Gasteiger partial charge in [0.05, 0.1) is 6.61 Å². The van der Waals surface area contributed by atoms with Gasteiger partial charge in [-0.05, 0) is 33.7 Å². The Labute approximate surface area is 162 Å². The van der Waals surface area contributed by atoms with Crippen LogP contribution in [0.25, 0.3) is 0 Å². The summed E-state index contributed by atoms with van der Waals surface area (Å²) in [5.41, 5.74) is 0. The number of nitrogens with zero attached hydrogens (tertiary/aromatic N) is 4. The lowest BCUT2D eigenvalue weighted by molar-refractivity contribution is 0.0914. The Balaban J connectivity index is 0.00000288. The minimum atomic E-state index is -0.213. The SMILES string of the molecule is CCOC(=O)N1CCN(C(=NC)NCC(C)N(C)C2CC2)CC1.I. The van der Waals surface area contributed by atoms with Crippen molar-refractivity contribution < 1.29 is 9.53 Å². The standard InChI is InChI=1S/C16H31N5O2.HI/c1-5-23-16(22)21-10-8-20(9-11-21)15(17-3)18-12-13(2)19(4)14-6-7-14;/h13-14H,5-12H2,1-4H3,(H,17,18);1H. The van der Waals surface area contributed by atoms with Crippen molar-refractivity contribution in [1.29, 1.82) is 0 Å². The van der Waals surface area contributed by atoms with Crippen LogP contribution in [0.2, 0.25) is 0 Å². The van der Waals surface area contributed by atoms with Gasteiger partial charge in [0.1, 0.15) is 0 Å². The molecule has 24 heavy (non-hydrogen) atoms. The third-order valence-corrected chi connectivity index (χ3v) is 4.69. The van der Waals surface area contributed by atoms with Crippen LogP contribution >= 0.6 is 24.0 Å². The van der Waals surface area contributed by atoms with Crippen molar-refractivity contribution >= 4 is 36.0 Å². The van der Waals surface area contributed by atoms with Crippen LogP contribution < -0.4 is 5.32 Å². The summed E-state index contributed by atoms with van der Waals surface area (Å²) in [5.74, 6) is 0.921. The number of rotatable bonds is 5. The van der Waals surface area contributed by atoms with Crippen molar-refractivity contribution in [3.05, 3.63) is 0 Å². The lowest BCUT2D eigenvalue weighted by Gasteiger charge is -2.36. The highest BCUT2D eigenvalue weighted by Crippen LogP contribution is 2.26. The molecule has 0 spiro atoms. The summed E-state index contributed by atoms with van der Waals surface area (Å²) in [5, 5.41) is 3.47. The van der Waals surface area contributed by atoms with E-state index in [-0.39, 0.29) is 30.1 Å². The molecule has 140 valence electrons. The fourth-order valence-electron chi connectivity index (χ4n) is 2.87. The minimum absolute atomic E-state index is 0. The second-order valence-corrected chi connectivity index (χ2v) is 6.35. The highest BCUT2D eigenvalue weighted by molar-refractivity contribution is 14.0. The fourth-order valence-corrected chi connectivity index (χ4v) is 2.87. The van der Waals surface area contributed by atoms with Gasteiger partial charge in [-0.2, -0.15) is 0 Å². The van der Waals surface area contributed by atoms with Gasteiger partial charge >= 0.3 is 6.09 Å². The molecule has 1 unspecified atom stereocenters. The maximum Gasteiger partial charge on any atom is 0.409 e. The van der Waals surface area contributed by atoms with E-state index in [4.69, 9.17) is 4.74 Å². The Morgan fingerprint density at radius 1 is 1.29 bits per heavy atom. The summed E-state index contributed by atoms with van der Waals surface area (Å²) in [6, 6.07) is 1.25. The molecule has 1 saturated carbocycles. The first-order chi connectivity index (χ1) is 11.1. The van der Waals surface area contributed by atoms with Crippen molar-refractivity contribution in [2.75, 3.05) is 53.4 Å². The molecule has 0 aromatic carbocycles. The van der Waals surface area contributed by atoms with E-state index in [2.05, 4.69) is 34.1 Å². The van der Waals surface area contributed by atoms with Crippen LogP contribution in [-0.4, -0.2) is 92.3 Å². The number of piperazine rings is 1. The van der Waals surface area contributed by atoms with Crippen LogP contribution in [-0.2, 0) is 4.74 Å². The van der Waals surface area contributed by atoms with E-state index in [9.17, 15) is 4.79 Å². The number of carbonyl (C=O) groups is 1. The van der Waals surface area contributed by atoms with Gasteiger partial charge in [0.2, 0.25) is 0 Å². The predicted molar refractivity (Wildman–Crippen MR) is 107 cm³/mol. The molecule has 1 aliphatic heterocycles.